The summed E-state index contributed by atoms with van der Waals surface area (Å²) in [7, 11) is 0. The van der Waals surface area contributed by atoms with Gasteiger partial charge in [0.2, 0.25) is 5.91 Å². The maximum absolute atomic E-state index is 12.6. The van der Waals surface area contributed by atoms with E-state index in [1.807, 2.05) is 13.8 Å². The summed E-state index contributed by atoms with van der Waals surface area (Å²) < 4.78 is 25.9. The van der Waals surface area contributed by atoms with Gasteiger partial charge in [-0.25, -0.2) is 4.98 Å². The molecule has 1 amide bonds. The first-order valence-electron chi connectivity index (χ1n) is 6.22. The molecule has 0 aromatic carbocycles. The molecule has 0 aliphatic carbocycles. The zero-order valence-electron chi connectivity index (χ0n) is 11.4. The van der Waals surface area contributed by atoms with Crippen molar-refractivity contribution in [3.8, 4) is 0 Å². The molecule has 0 radical (unpaired) electrons. The number of rotatable bonds is 7. The molecule has 5 nitrogen and oxygen atoms in total. The summed E-state index contributed by atoms with van der Waals surface area (Å²) in [6, 6.07) is -0.457. The van der Waals surface area contributed by atoms with Crippen LogP contribution >= 0.6 is 0 Å². The normalized spacial score (nSPS) is 13.0. The third-order valence-electron chi connectivity index (χ3n) is 2.60. The van der Waals surface area contributed by atoms with Crippen LogP contribution in [0.4, 0.5) is 8.78 Å². The number of hydrogen-bond acceptors (Lipinski definition) is 3. The van der Waals surface area contributed by atoms with Crippen molar-refractivity contribution < 1.29 is 13.6 Å². The van der Waals surface area contributed by atoms with Gasteiger partial charge in [0, 0.05) is 18.9 Å². The number of hydrogen-bond donors (Lipinski definition) is 2. The van der Waals surface area contributed by atoms with Gasteiger partial charge in [0.05, 0.1) is 12.6 Å². The summed E-state index contributed by atoms with van der Waals surface area (Å²) in [5, 5.41) is 5.65. The van der Waals surface area contributed by atoms with E-state index in [1.54, 1.807) is 6.92 Å². The number of alkyl halides is 2. The van der Waals surface area contributed by atoms with Crippen LogP contribution in [0.25, 0.3) is 0 Å². The van der Waals surface area contributed by atoms with Gasteiger partial charge in [-0.3, -0.25) is 14.7 Å². The molecule has 1 rings (SSSR count). The second-order valence-electron chi connectivity index (χ2n) is 4.77. The van der Waals surface area contributed by atoms with E-state index in [4.69, 9.17) is 0 Å². The second-order valence-corrected chi connectivity index (χ2v) is 4.77. The van der Waals surface area contributed by atoms with Crippen LogP contribution in [-0.2, 0) is 11.3 Å². The molecule has 1 atom stereocenters. The largest absolute Gasteiger partial charge is 0.354 e. The summed E-state index contributed by atoms with van der Waals surface area (Å²) >= 11 is 0. The van der Waals surface area contributed by atoms with Crippen LogP contribution in [0.2, 0.25) is 0 Å². The SMILES string of the molecule is CC(C)CNC(=O)C(C)NCc1nccn1C(F)F. The Labute approximate surface area is 111 Å². The number of nitrogens with one attached hydrogen (secondary N) is 2. The lowest BCUT2D eigenvalue weighted by atomic mass is 10.2. The highest BCUT2D eigenvalue weighted by molar-refractivity contribution is 5.81. The van der Waals surface area contributed by atoms with Crippen molar-refractivity contribution in [2.75, 3.05) is 6.54 Å². The van der Waals surface area contributed by atoms with E-state index in [1.165, 1.54) is 12.4 Å². The average Bonchev–Trinajstić information content (AvgIpc) is 2.81. The number of carbonyl (C=O) groups excluding carboxylic acids is 1. The van der Waals surface area contributed by atoms with E-state index in [0.29, 0.717) is 12.5 Å². The molecule has 7 heteroatoms. The lowest BCUT2D eigenvalue weighted by Gasteiger charge is -2.15. The maximum Gasteiger partial charge on any atom is 0.319 e. The van der Waals surface area contributed by atoms with Crippen LogP contribution in [0.3, 0.4) is 0 Å². The molecule has 0 bridgehead atoms. The van der Waals surface area contributed by atoms with Crippen LogP contribution in [0, 0.1) is 5.92 Å². The van der Waals surface area contributed by atoms with Gasteiger partial charge >= 0.3 is 6.55 Å². The molecule has 1 aromatic rings. The van der Waals surface area contributed by atoms with Crippen molar-refractivity contribution in [1.82, 2.24) is 20.2 Å². The lowest BCUT2D eigenvalue weighted by Crippen LogP contribution is -2.43. The molecule has 1 aromatic heterocycles. The second kappa shape index (κ2) is 7.18. The Hall–Kier alpha value is -1.50. The highest BCUT2D eigenvalue weighted by Crippen LogP contribution is 2.12. The van der Waals surface area contributed by atoms with Crippen molar-refractivity contribution in [3.63, 3.8) is 0 Å². The highest BCUT2D eigenvalue weighted by Gasteiger charge is 2.15. The molecule has 1 heterocycles. The van der Waals surface area contributed by atoms with Crippen LogP contribution in [-0.4, -0.2) is 28.0 Å². The zero-order chi connectivity index (χ0) is 14.4. The summed E-state index contributed by atoms with van der Waals surface area (Å²) in [6.45, 7) is 3.77. The number of carbonyl (C=O) groups is 1. The smallest absolute Gasteiger partial charge is 0.319 e. The topological polar surface area (TPSA) is 59.0 Å². The molecular weight excluding hydrogens is 254 g/mol. The van der Waals surface area contributed by atoms with Crippen molar-refractivity contribution in [1.29, 1.82) is 0 Å². The molecule has 2 N–H and O–H groups in total. The van der Waals surface area contributed by atoms with Gasteiger partial charge in [-0.2, -0.15) is 8.78 Å². The first kappa shape index (κ1) is 15.6. The monoisotopic (exact) mass is 274 g/mol. The fourth-order valence-electron chi connectivity index (χ4n) is 1.45. The van der Waals surface area contributed by atoms with Crippen LogP contribution in [0.1, 0.15) is 33.1 Å². The van der Waals surface area contributed by atoms with Gasteiger partial charge in [0.25, 0.3) is 0 Å². The summed E-state index contributed by atoms with van der Waals surface area (Å²) in [5.74, 6) is 0.427. The number of halogens is 2. The Balaban J connectivity index is 2.43. The minimum atomic E-state index is -2.62. The number of imidazole rings is 1. The van der Waals surface area contributed by atoms with Crippen molar-refractivity contribution in [2.24, 2.45) is 5.92 Å². The Bertz CT molecular complexity index is 406. The molecule has 0 aliphatic rings. The Morgan fingerprint density at radius 1 is 1.42 bits per heavy atom. The molecular formula is C12H20F2N4O. The van der Waals surface area contributed by atoms with Gasteiger partial charge in [-0.1, -0.05) is 13.8 Å². The molecule has 0 fully saturated rings. The zero-order valence-corrected chi connectivity index (χ0v) is 11.4. The maximum atomic E-state index is 12.6. The summed E-state index contributed by atoms with van der Waals surface area (Å²) in [4.78, 5) is 15.5. The molecule has 0 saturated heterocycles. The van der Waals surface area contributed by atoms with Gasteiger partial charge in [-0.15, -0.1) is 0 Å². The number of amides is 1. The van der Waals surface area contributed by atoms with Gasteiger partial charge in [0.15, 0.2) is 0 Å². The fourth-order valence-corrected chi connectivity index (χ4v) is 1.45. The average molecular weight is 274 g/mol. The number of nitrogens with zero attached hydrogens (tertiary/aromatic N) is 2. The predicted molar refractivity (Wildman–Crippen MR) is 67.6 cm³/mol. The van der Waals surface area contributed by atoms with Gasteiger partial charge < -0.3 is 5.32 Å². The van der Waals surface area contributed by atoms with Crippen LogP contribution in [0.15, 0.2) is 12.4 Å². The molecule has 0 aliphatic heterocycles. The molecule has 1 unspecified atom stereocenters. The van der Waals surface area contributed by atoms with E-state index in [0.717, 1.165) is 4.57 Å². The van der Waals surface area contributed by atoms with E-state index >= 15 is 0 Å². The van der Waals surface area contributed by atoms with E-state index in [2.05, 4.69) is 15.6 Å². The molecule has 19 heavy (non-hydrogen) atoms. The Morgan fingerprint density at radius 3 is 2.68 bits per heavy atom. The van der Waals surface area contributed by atoms with Crippen molar-refractivity contribution in [2.45, 2.75) is 39.9 Å². The Kier molecular flexibility index (Phi) is 5.88. The first-order valence-corrected chi connectivity index (χ1v) is 6.22. The standard InChI is InChI=1S/C12H20F2N4O/c1-8(2)6-17-11(19)9(3)16-7-10-15-4-5-18(10)12(13)14/h4-5,8-9,12,16H,6-7H2,1-3H3,(H,17,19). The quantitative estimate of drug-likeness (QED) is 0.792. The highest BCUT2D eigenvalue weighted by atomic mass is 19.3. The third kappa shape index (κ3) is 4.94. The first-order chi connectivity index (χ1) is 8.91. The van der Waals surface area contributed by atoms with E-state index in [9.17, 15) is 13.6 Å². The van der Waals surface area contributed by atoms with Crippen LogP contribution < -0.4 is 10.6 Å². The molecule has 0 spiro atoms. The Morgan fingerprint density at radius 2 is 2.11 bits per heavy atom. The summed E-state index contributed by atoms with van der Waals surface area (Å²) in [6.07, 6.45) is 2.53. The molecule has 0 saturated carbocycles. The van der Waals surface area contributed by atoms with Crippen molar-refractivity contribution >= 4 is 5.91 Å². The van der Waals surface area contributed by atoms with Crippen molar-refractivity contribution in [3.05, 3.63) is 18.2 Å². The minimum absolute atomic E-state index is 0.119. The minimum Gasteiger partial charge on any atom is -0.354 e. The molecule has 108 valence electrons. The fraction of sp³-hybridized carbons (Fsp3) is 0.667. The lowest BCUT2D eigenvalue weighted by molar-refractivity contribution is -0.122. The van der Waals surface area contributed by atoms with E-state index < -0.39 is 12.6 Å². The predicted octanol–water partition coefficient (Wildman–Crippen LogP) is 1.53. The third-order valence-corrected chi connectivity index (χ3v) is 2.60. The van der Waals surface area contributed by atoms with E-state index in [-0.39, 0.29) is 18.3 Å². The number of aromatic nitrogens is 2. The van der Waals surface area contributed by atoms with Gasteiger partial charge in [-0.05, 0) is 12.8 Å². The summed E-state index contributed by atoms with van der Waals surface area (Å²) in [5.41, 5.74) is 0. The van der Waals surface area contributed by atoms with Gasteiger partial charge in [0.1, 0.15) is 5.82 Å². The van der Waals surface area contributed by atoms with Crippen LogP contribution in [0.5, 0.6) is 0 Å².